The van der Waals surface area contributed by atoms with Crippen molar-refractivity contribution in [3.63, 3.8) is 0 Å². The summed E-state index contributed by atoms with van der Waals surface area (Å²) < 4.78 is 5.95. The lowest BCUT2D eigenvalue weighted by Crippen LogP contribution is -1.81. The highest BCUT2D eigenvalue weighted by atomic mass is 79.9. The Morgan fingerprint density at radius 2 is 2.15 bits per heavy atom. The van der Waals surface area contributed by atoms with Crippen LogP contribution in [0.5, 0.6) is 0 Å². The maximum Gasteiger partial charge on any atom is 0.259 e. The van der Waals surface area contributed by atoms with Crippen molar-refractivity contribution in [3.8, 4) is 28.9 Å². The van der Waals surface area contributed by atoms with Crippen LogP contribution >= 0.6 is 27.5 Å². The highest BCUT2D eigenvalue weighted by molar-refractivity contribution is 9.10. The molecule has 0 unspecified atom stereocenters. The van der Waals surface area contributed by atoms with Gasteiger partial charge in [-0.15, -0.1) is 0 Å². The minimum atomic E-state index is 0.351. The number of aromatic amines is 1. The molecular weight excluding hydrogens is 344 g/mol. The van der Waals surface area contributed by atoms with E-state index in [0.29, 0.717) is 28.0 Å². The Bertz CT molecular complexity index is 818. The van der Waals surface area contributed by atoms with Crippen LogP contribution in [0.2, 0.25) is 5.02 Å². The minimum Gasteiger partial charge on any atom is -0.352 e. The van der Waals surface area contributed by atoms with Crippen molar-refractivity contribution in [2.24, 2.45) is 0 Å². The average molecular weight is 350 g/mol. The summed E-state index contributed by atoms with van der Waals surface area (Å²) in [5.41, 5.74) is 1.90. The molecule has 20 heavy (non-hydrogen) atoms. The molecule has 5 nitrogen and oxygen atoms in total. The van der Waals surface area contributed by atoms with E-state index in [1.165, 1.54) is 0 Å². The Balaban J connectivity index is 1.97. The number of hydrogen-bond acceptors (Lipinski definition) is 4. The van der Waals surface area contributed by atoms with Crippen molar-refractivity contribution in [3.05, 3.63) is 45.7 Å². The lowest BCUT2D eigenvalue weighted by atomic mass is 10.2. The van der Waals surface area contributed by atoms with E-state index < -0.39 is 0 Å². The number of nitrogens with one attached hydrogen (secondary N) is 1. The van der Waals surface area contributed by atoms with Crippen LogP contribution in [-0.2, 0) is 0 Å². The molecule has 2 heterocycles. The van der Waals surface area contributed by atoms with Crippen molar-refractivity contribution >= 4 is 27.5 Å². The molecule has 0 bridgehead atoms. The smallest absolute Gasteiger partial charge is 0.259 e. The van der Waals surface area contributed by atoms with Gasteiger partial charge in [0, 0.05) is 16.2 Å². The Morgan fingerprint density at radius 1 is 1.30 bits per heavy atom. The Hall–Kier alpha value is -2.10. The number of aromatic nitrogens is 3. The molecule has 3 aromatic rings. The van der Waals surface area contributed by atoms with Gasteiger partial charge in [0.1, 0.15) is 11.8 Å². The van der Waals surface area contributed by atoms with Gasteiger partial charge in [0.25, 0.3) is 5.89 Å². The first-order valence-electron chi connectivity index (χ1n) is 5.55. The summed E-state index contributed by atoms with van der Waals surface area (Å²) in [5, 5.41) is 13.3. The van der Waals surface area contributed by atoms with Crippen LogP contribution in [0, 0.1) is 11.3 Å². The van der Waals surface area contributed by atoms with Crippen molar-refractivity contribution < 1.29 is 4.52 Å². The maximum atomic E-state index is 8.77. The van der Waals surface area contributed by atoms with Gasteiger partial charge in [0.2, 0.25) is 5.82 Å². The quantitative estimate of drug-likeness (QED) is 0.758. The van der Waals surface area contributed by atoms with Gasteiger partial charge in [-0.1, -0.05) is 16.8 Å². The number of nitriles is 1. The summed E-state index contributed by atoms with van der Waals surface area (Å²) in [4.78, 5) is 7.10. The van der Waals surface area contributed by atoms with E-state index in [9.17, 15) is 0 Å². The number of hydrogen-bond donors (Lipinski definition) is 1. The lowest BCUT2D eigenvalue weighted by molar-refractivity contribution is 0.432. The molecule has 0 aliphatic heterocycles. The SMILES string of the molecule is N#Cc1cc(-c2nc(-c3ccc(Cl)c(Br)c3)no2)c[nH]1. The standard InChI is InChI=1S/C13H6BrClN4O/c14-10-4-7(1-2-11(10)15)12-18-13(20-19-12)8-3-9(5-16)17-6-8/h1-4,6,17H. The first-order chi connectivity index (χ1) is 9.67. The van der Waals surface area contributed by atoms with Crippen LogP contribution in [0.4, 0.5) is 0 Å². The van der Waals surface area contributed by atoms with Crippen LogP contribution in [0.3, 0.4) is 0 Å². The third-order valence-electron chi connectivity index (χ3n) is 2.65. The highest BCUT2D eigenvalue weighted by Gasteiger charge is 2.13. The zero-order chi connectivity index (χ0) is 14.1. The number of H-pyrrole nitrogens is 1. The van der Waals surface area contributed by atoms with Crippen molar-refractivity contribution in [2.45, 2.75) is 0 Å². The van der Waals surface area contributed by atoms with Crippen LogP contribution in [0.15, 0.2) is 39.5 Å². The summed E-state index contributed by atoms with van der Waals surface area (Å²) in [6.45, 7) is 0. The molecule has 0 saturated carbocycles. The second-order valence-corrected chi connectivity index (χ2v) is 5.23. The largest absolute Gasteiger partial charge is 0.352 e. The van der Waals surface area contributed by atoms with Gasteiger partial charge in [-0.25, -0.2) is 0 Å². The molecule has 1 aromatic carbocycles. The second kappa shape index (κ2) is 5.12. The average Bonchev–Trinajstić information content (AvgIpc) is 3.09. The number of halogens is 2. The predicted molar refractivity (Wildman–Crippen MR) is 76.9 cm³/mol. The molecule has 98 valence electrons. The fourth-order valence-corrected chi connectivity index (χ4v) is 2.17. The summed E-state index contributed by atoms with van der Waals surface area (Å²) in [6.07, 6.45) is 1.65. The molecule has 2 aromatic heterocycles. The summed E-state index contributed by atoms with van der Waals surface area (Å²) >= 11 is 9.29. The first kappa shape index (κ1) is 12.9. The van der Waals surface area contributed by atoms with E-state index in [4.69, 9.17) is 21.4 Å². The van der Waals surface area contributed by atoms with E-state index in [1.54, 1.807) is 24.4 Å². The van der Waals surface area contributed by atoms with E-state index in [-0.39, 0.29) is 0 Å². The number of benzene rings is 1. The van der Waals surface area contributed by atoms with Crippen LogP contribution < -0.4 is 0 Å². The Labute approximate surface area is 127 Å². The monoisotopic (exact) mass is 348 g/mol. The van der Waals surface area contributed by atoms with Gasteiger partial charge in [-0.3, -0.25) is 0 Å². The molecule has 0 spiro atoms. The van der Waals surface area contributed by atoms with E-state index in [0.717, 1.165) is 10.0 Å². The van der Waals surface area contributed by atoms with Crippen molar-refractivity contribution in [1.29, 1.82) is 5.26 Å². The van der Waals surface area contributed by atoms with Gasteiger partial charge < -0.3 is 9.51 Å². The van der Waals surface area contributed by atoms with Gasteiger partial charge in [-0.05, 0) is 40.2 Å². The van der Waals surface area contributed by atoms with Crippen LogP contribution in [0.25, 0.3) is 22.8 Å². The molecule has 0 radical (unpaired) electrons. The van der Waals surface area contributed by atoms with E-state index >= 15 is 0 Å². The van der Waals surface area contributed by atoms with Crippen LogP contribution in [0.1, 0.15) is 5.69 Å². The molecule has 0 amide bonds. The molecule has 0 aliphatic carbocycles. The summed E-state index contributed by atoms with van der Waals surface area (Å²) in [5.74, 6) is 0.806. The molecular formula is C13H6BrClN4O. The van der Waals surface area contributed by atoms with Gasteiger partial charge >= 0.3 is 0 Å². The normalized spacial score (nSPS) is 10.4. The molecule has 0 saturated heterocycles. The molecule has 0 fully saturated rings. The summed E-state index contributed by atoms with van der Waals surface area (Å²) in [6, 6.07) is 9.02. The van der Waals surface area contributed by atoms with Gasteiger partial charge in [-0.2, -0.15) is 10.2 Å². The third-order valence-corrected chi connectivity index (χ3v) is 3.87. The van der Waals surface area contributed by atoms with E-state index in [1.807, 2.05) is 12.1 Å². The zero-order valence-electron chi connectivity index (χ0n) is 9.89. The fraction of sp³-hybridized carbons (Fsp3) is 0. The van der Waals surface area contributed by atoms with Gasteiger partial charge in [0.15, 0.2) is 0 Å². The molecule has 0 aliphatic rings. The zero-order valence-corrected chi connectivity index (χ0v) is 12.2. The first-order valence-corrected chi connectivity index (χ1v) is 6.72. The third kappa shape index (κ3) is 2.33. The minimum absolute atomic E-state index is 0.351. The van der Waals surface area contributed by atoms with Gasteiger partial charge in [0.05, 0.1) is 10.6 Å². The second-order valence-electron chi connectivity index (χ2n) is 3.97. The Morgan fingerprint density at radius 3 is 2.85 bits per heavy atom. The summed E-state index contributed by atoms with van der Waals surface area (Å²) in [7, 11) is 0. The number of rotatable bonds is 2. The maximum absolute atomic E-state index is 8.77. The molecule has 0 atom stereocenters. The Kier molecular flexibility index (Phi) is 3.30. The molecule has 7 heteroatoms. The highest BCUT2D eigenvalue weighted by Crippen LogP contribution is 2.28. The molecule has 3 rings (SSSR count). The van der Waals surface area contributed by atoms with E-state index in [2.05, 4.69) is 31.1 Å². The van der Waals surface area contributed by atoms with Crippen molar-refractivity contribution in [2.75, 3.05) is 0 Å². The van der Waals surface area contributed by atoms with Crippen molar-refractivity contribution in [1.82, 2.24) is 15.1 Å². The molecule has 1 N–H and O–H groups in total. The number of nitrogens with zero attached hydrogens (tertiary/aromatic N) is 3. The lowest BCUT2D eigenvalue weighted by Gasteiger charge is -1.97. The predicted octanol–water partition coefficient (Wildman–Crippen LogP) is 4.02. The fourth-order valence-electron chi connectivity index (χ4n) is 1.68. The topological polar surface area (TPSA) is 78.5 Å². The van der Waals surface area contributed by atoms with Crippen LogP contribution in [-0.4, -0.2) is 15.1 Å².